The van der Waals surface area contributed by atoms with E-state index < -0.39 is 5.82 Å². The van der Waals surface area contributed by atoms with Crippen LogP contribution in [0.3, 0.4) is 0 Å². The molecule has 9 heteroatoms. The first-order valence-electron chi connectivity index (χ1n) is 8.92. The van der Waals surface area contributed by atoms with Crippen molar-refractivity contribution >= 4 is 29.1 Å². The largest absolute Gasteiger partial charge is 0.617 e. The Kier molecular flexibility index (Phi) is 5.73. The van der Waals surface area contributed by atoms with E-state index in [1.165, 1.54) is 6.07 Å². The molecular weight excluding hydrogens is 397 g/mol. The Balaban J connectivity index is 0.00000240. The molecule has 29 heavy (non-hydrogen) atoms. The van der Waals surface area contributed by atoms with Crippen molar-refractivity contribution in [2.75, 3.05) is 38.1 Å². The van der Waals surface area contributed by atoms with Gasteiger partial charge in [-0.15, -0.1) is 17.1 Å². The number of anilines is 1. The molecule has 0 bridgehead atoms. The van der Waals surface area contributed by atoms with Gasteiger partial charge in [0.1, 0.15) is 0 Å². The Morgan fingerprint density at radius 1 is 1.00 bits per heavy atom. The second-order valence-corrected chi connectivity index (χ2v) is 6.85. The third-order valence-corrected chi connectivity index (χ3v) is 5.11. The van der Waals surface area contributed by atoms with Crippen molar-refractivity contribution in [3.05, 3.63) is 64.4 Å². The van der Waals surface area contributed by atoms with Crippen molar-refractivity contribution in [3.8, 4) is 17.3 Å². The fourth-order valence-electron chi connectivity index (χ4n) is 3.54. The zero-order valence-corrected chi connectivity index (χ0v) is 16.5. The van der Waals surface area contributed by atoms with Crippen LogP contribution in [-0.2, 0) is 0 Å². The van der Waals surface area contributed by atoms with Crippen LogP contribution >= 0.6 is 12.4 Å². The number of benzene rings is 2. The minimum absolute atomic E-state index is 0. The maximum atomic E-state index is 14.8. The Morgan fingerprint density at radius 2 is 1.62 bits per heavy atom. The minimum atomic E-state index is -0.564. The number of rotatable bonds is 2. The number of aromatic nitrogens is 2. The van der Waals surface area contributed by atoms with E-state index in [0.29, 0.717) is 28.1 Å². The third kappa shape index (κ3) is 3.50. The summed E-state index contributed by atoms with van der Waals surface area (Å²) in [5.41, 5.74) is 0.150. The number of piperazine rings is 1. The Labute approximate surface area is 173 Å². The molecule has 0 spiro atoms. The number of nitriles is 1. The molecule has 0 amide bonds. The van der Waals surface area contributed by atoms with Gasteiger partial charge in [-0.1, -0.05) is 18.2 Å². The van der Waals surface area contributed by atoms with E-state index in [0.717, 1.165) is 19.2 Å². The van der Waals surface area contributed by atoms with Gasteiger partial charge >= 0.3 is 11.4 Å². The summed E-state index contributed by atoms with van der Waals surface area (Å²) in [6.45, 7) is 2.77. The van der Waals surface area contributed by atoms with Crippen LogP contribution in [0.2, 0.25) is 0 Å². The SMILES string of the molecule is CN1CCN(c2cc3c(cc2F)[n+]([O-])c(-c2ccccc2)c(C#N)[n+]3[O-])CC1.Cl. The molecule has 0 unspecified atom stereocenters. The fraction of sp³-hybridized carbons (Fsp3) is 0.250. The monoisotopic (exact) mass is 415 g/mol. The van der Waals surface area contributed by atoms with Crippen molar-refractivity contribution in [2.45, 2.75) is 0 Å². The van der Waals surface area contributed by atoms with Crippen LogP contribution in [0.15, 0.2) is 42.5 Å². The van der Waals surface area contributed by atoms with Crippen LogP contribution in [0, 0.1) is 27.6 Å². The quantitative estimate of drug-likeness (QED) is 0.472. The van der Waals surface area contributed by atoms with Gasteiger partial charge in [-0.2, -0.15) is 9.99 Å². The zero-order valence-electron chi connectivity index (χ0n) is 15.7. The predicted octanol–water partition coefficient (Wildman–Crippen LogP) is 1.96. The highest BCUT2D eigenvalue weighted by atomic mass is 35.5. The molecular formula is C20H19ClFN5O2. The van der Waals surface area contributed by atoms with Crippen LogP contribution < -0.4 is 14.4 Å². The molecule has 2 aromatic carbocycles. The smallest absolute Gasteiger partial charge is 0.369 e. The summed E-state index contributed by atoms with van der Waals surface area (Å²) in [6.07, 6.45) is 0. The van der Waals surface area contributed by atoms with E-state index in [-0.39, 0.29) is 40.5 Å². The molecule has 2 heterocycles. The fourth-order valence-corrected chi connectivity index (χ4v) is 3.54. The Morgan fingerprint density at radius 3 is 2.24 bits per heavy atom. The Hall–Kier alpha value is -3.15. The van der Waals surface area contributed by atoms with E-state index in [2.05, 4.69) is 4.90 Å². The normalized spacial score (nSPS) is 14.4. The first-order chi connectivity index (χ1) is 13.5. The summed E-state index contributed by atoms with van der Waals surface area (Å²) in [6, 6.07) is 12.7. The molecule has 7 nitrogen and oxygen atoms in total. The first-order valence-corrected chi connectivity index (χ1v) is 8.92. The number of halogens is 2. The average Bonchev–Trinajstić information content (AvgIpc) is 2.71. The molecule has 0 aliphatic carbocycles. The summed E-state index contributed by atoms with van der Waals surface area (Å²) in [5, 5.41) is 35.4. The molecule has 1 fully saturated rings. The first kappa shape index (κ1) is 20.6. The van der Waals surface area contributed by atoms with Crippen molar-refractivity contribution in [3.63, 3.8) is 0 Å². The lowest BCUT2D eigenvalue weighted by Crippen LogP contribution is -2.46. The van der Waals surface area contributed by atoms with Crippen molar-refractivity contribution in [1.82, 2.24) is 4.90 Å². The van der Waals surface area contributed by atoms with Gasteiger partial charge in [-0.25, -0.2) is 4.39 Å². The van der Waals surface area contributed by atoms with Gasteiger partial charge in [-0.3, -0.25) is 0 Å². The van der Waals surface area contributed by atoms with Gasteiger partial charge in [0.2, 0.25) is 0 Å². The number of hydrogen-bond donors (Lipinski definition) is 0. The van der Waals surface area contributed by atoms with Crippen LogP contribution in [0.1, 0.15) is 5.69 Å². The molecule has 0 N–H and O–H groups in total. The topological polar surface area (TPSA) is 84.2 Å². The van der Waals surface area contributed by atoms with E-state index in [9.17, 15) is 20.1 Å². The van der Waals surface area contributed by atoms with E-state index >= 15 is 0 Å². The molecule has 0 saturated carbocycles. The average molecular weight is 416 g/mol. The maximum absolute atomic E-state index is 14.8. The summed E-state index contributed by atoms with van der Waals surface area (Å²) in [5.74, 6) is -0.564. The predicted molar refractivity (Wildman–Crippen MR) is 109 cm³/mol. The highest BCUT2D eigenvalue weighted by molar-refractivity contribution is 5.85. The molecule has 1 aliphatic rings. The summed E-state index contributed by atoms with van der Waals surface area (Å²) in [4.78, 5) is 3.98. The molecule has 1 saturated heterocycles. The van der Waals surface area contributed by atoms with Crippen LogP contribution in [0.25, 0.3) is 22.3 Å². The standard InChI is InChI=1S/C20H18FN5O2.ClH/c1-23-7-9-24(10-8-23)16-12-18-17(11-15(16)21)26(28)20(19(13-22)25(18)27)14-5-3-2-4-6-14;/h2-6,11-12H,7-10H2,1H3;1H. The molecule has 0 radical (unpaired) electrons. The maximum Gasteiger partial charge on any atom is 0.369 e. The number of nitrogens with zero attached hydrogens (tertiary/aromatic N) is 5. The molecule has 3 aromatic rings. The van der Waals surface area contributed by atoms with Gasteiger partial charge in [0.15, 0.2) is 11.9 Å². The number of hydrogen-bond acceptors (Lipinski definition) is 5. The Bertz CT molecular complexity index is 1100. The van der Waals surface area contributed by atoms with Crippen molar-refractivity contribution < 1.29 is 13.9 Å². The molecule has 0 atom stereocenters. The van der Waals surface area contributed by atoms with Gasteiger partial charge in [-0.05, 0) is 19.2 Å². The summed E-state index contributed by atoms with van der Waals surface area (Å²) in [7, 11) is 1.99. The number of likely N-dealkylation sites (N-methyl/N-ethyl adjacent to an activating group) is 1. The highest BCUT2D eigenvalue weighted by Crippen LogP contribution is 2.26. The lowest BCUT2D eigenvalue weighted by molar-refractivity contribution is -0.622. The third-order valence-electron chi connectivity index (χ3n) is 5.11. The molecule has 1 aliphatic heterocycles. The second-order valence-electron chi connectivity index (χ2n) is 6.85. The van der Waals surface area contributed by atoms with Crippen LogP contribution in [0.4, 0.5) is 10.1 Å². The van der Waals surface area contributed by atoms with Gasteiger partial charge in [0, 0.05) is 32.2 Å². The molecule has 150 valence electrons. The van der Waals surface area contributed by atoms with Gasteiger partial charge < -0.3 is 20.2 Å². The van der Waals surface area contributed by atoms with E-state index in [4.69, 9.17) is 0 Å². The van der Waals surface area contributed by atoms with Crippen LogP contribution in [-0.4, -0.2) is 38.1 Å². The number of fused-ring (bicyclic) bond motifs is 1. The minimum Gasteiger partial charge on any atom is -0.617 e. The highest BCUT2D eigenvalue weighted by Gasteiger charge is 2.31. The lowest BCUT2D eigenvalue weighted by atomic mass is 10.1. The molecule has 4 rings (SSSR count). The lowest BCUT2D eigenvalue weighted by Gasteiger charge is -2.34. The second kappa shape index (κ2) is 8.07. The van der Waals surface area contributed by atoms with Crippen molar-refractivity contribution in [1.29, 1.82) is 5.26 Å². The zero-order chi connectivity index (χ0) is 19.8. The van der Waals surface area contributed by atoms with Crippen molar-refractivity contribution in [2.24, 2.45) is 0 Å². The summed E-state index contributed by atoms with van der Waals surface area (Å²) < 4.78 is 15.7. The van der Waals surface area contributed by atoms with Crippen LogP contribution in [0.5, 0.6) is 0 Å². The van der Waals surface area contributed by atoms with Gasteiger partial charge in [0.25, 0.3) is 11.0 Å². The van der Waals surface area contributed by atoms with E-state index in [1.54, 1.807) is 30.3 Å². The van der Waals surface area contributed by atoms with Gasteiger partial charge in [0.05, 0.1) is 17.3 Å². The summed E-state index contributed by atoms with van der Waals surface area (Å²) >= 11 is 0. The molecule has 1 aromatic heterocycles. The van der Waals surface area contributed by atoms with E-state index in [1.807, 2.05) is 18.0 Å².